The van der Waals surface area contributed by atoms with Crippen LogP contribution in [-0.2, 0) is 10.8 Å². The molecule has 0 aliphatic rings. The first-order valence-electron chi connectivity index (χ1n) is 4.77. The Balaban J connectivity index is 2.88. The second-order valence-electron chi connectivity index (χ2n) is 3.30. The van der Waals surface area contributed by atoms with Gasteiger partial charge in [0.15, 0.2) is 0 Å². The summed E-state index contributed by atoms with van der Waals surface area (Å²) in [5.74, 6) is 0.414. The second kappa shape index (κ2) is 5.96. The van der Waals surface area contributed by atoms with Crippen LogP contribution in [0.1, 0.15) is 5.56 Å². The molecule has 0 bridgehead atoms. The monoisotopic (exact) mass is 253 g/mol. The Kier molecular flexibility index (Phi) is 4.60. The Labute approximate surface area is 101 Å². The van der Waals surface area contributed by atoms with Gasteiger partial charge in [0.1, 0.15) is 5.69 Å². The smallest absolute Gasteiger partial charge is 0.293 e. The number of rotatable bonds is 5. The van der Waals surface area contributed by atoms with Gasteiger partial charge in [0.2, 0.25) is 0 Å². The number of benzene rings is 1. The molecule has 0 radical (unpaired) electrons. The van der Waals surface area contributed by atoms with Crippen molar-refractivity contribution in [1.82, 2.24) is 0 Å². The summed E-state index contributed by atoms with van der Waals surface area (Å²) in [6, 6.07) is 6.04. The van der Waals surface area contributed by atoms with Crippen molar-refractivity contribution >= 4 is 22.2 Å². The number of anilines is 1. The highest BCUT2D eigenvalue weighted by atomic mass is 32.2. The molecule has 17 heavy (non-hydrogen) atoms. The van der Waals surface area contributed by atoms with Crippen LogP contribution in [-0.4, -0.2) is 27.7 Å². The van der Waals surface area contributed by atoms with Gasteiger partial charge in [0, 0.05) is 35.4 Å². The van der Waals surface area contributed by atoms with E-state index in [0.29, 0.717) is 18.0 Å². The van der Waals surface area contributed by atoms with Crippen molar-refractivity contribution in [3.05, 3.63) is 33.9 Å². The summed E-state index contributed by atoms with van der Waals surface area (Å²) >= 11 is 0. The predicted octanol–water partition coefficient (Wildman–Crippen LogP) is 1.26. The zero-order valence-corrected chi connectivity index (χ0v) is 9.99. The molecule has 1 N–H and O–H groups in total. The van der Waals surface area contributed by atoms with Crippen molar-refractivity contribution in [2.75, 3.05) is 23.9 Å². The molecule has 0 saturated heterocycles. The first-order chi connectivity index (χ1) is 8.04. The van der Waals surface area contributed by atoms with E-state index < -0.39 is 15.7 Å². The zero-order valence-electron chi connectivity index (χ0n) is 9.17. The van der Waals surface area contributed by atoms with Crippen LogP contribution in [0.25, 0.3) is 0 Å². The highest BCUT2D eigenvalue weighted by Crippen LogP contribution is 2.24. The van der Waals surface area contributed by atoms with E-state index in [1.807, 2.05) is 6.07 Å². The summed E-state index contributed by atoms with van der Waals surface area (Å²) in [6.07, 6.45) is 1.56. The molecule has 7 heteroatoms. The quantitative estimate of drug-likeness (QED) is 0.629. The number of nitrogens with one attached hydrogen (secondary N) is 1. The van der Waals surface area contributed by atoms with Gasteiger partial charge in [0.05, 0.1) is 16.6 Å². The molecule has 1 aromatic carbocycles. The molecular weight excluding hydrogens is 242 g/mol. The van der Waals surface area contributed by atoms with Crippen LogP contribution >= 0.6 is 0 Å². The van der Waals surface area contributed by atoms with E-state index in [9.17, 15) is 14.3 Å². The van der Waals surface area contributed by atoms with E-state index in [2.05, 4.69) is 5.32 Å². The standard InChI is InChI=1S/C10H11N3O3S/c1-17(16)5-4-12-9-3-2-8(7-11)6-10(9)13(14)15/h2-3,6,12H,4-5H2,1H3. The number of nitriles is 1. The van der Waals surface area contributed by atoms with Gasteiger partial charge in [-0.2, -0.15) is 5.26 Å². The number of hydrogen-bond donors (Lipinski definition) is 1. The van der Waals surface area contributed by atoms with Gasteiger partial charge in [-0.15, -0.1) is 0 Å². The lowest BCUT2D eigenvalue weighted by Crippen LogP contribution is -2.11. The summed E-state index contributed by atoms with van der Waals surface area (Å²) in [7, 11) is -0.947. The van der Waals surface area contributed by atoms with E-state index >= 15 is 0 Å². The van der Waals surface area contributed by atoms with Crippen molar-refractivity contribution in [1.29, 1.82) is 5.26 Å². The topological polar surface area (TPSA) is 96.0 Å². The zero-order chi connectivity index (χ0) is 12.8. The number of nitro benzene ring substituents is 1. The van der Waals surface area contributed by atoms with Crippen molar-refractivity contribution in [3.63, 3.8) is 0 Å². The molecule has 1 unspecified atom stereocenters. The van der Waals surface area contributed by atoms with Crippen molar-refractivity contribution in [2.24, 2.45) is 0 Å². The summed E-state index contributed by atoms with van der Waals surface area (Å²) in [4.78, 5) is 10.2. The molecular formula is C10H11N3O3S. The largest absolute Gasteiger partial charge is 0.379 e. The number of hydrogen-bond acceptors (Lipinski definition) is 5. The maximum Gasteiger partial charge on any atom is 0.293 e. The fraction of sp³-hybridized carbons (Fsp3) is 0.300. The first kappa shape index (κ1) is 13.1. The minimum Gasteiger partial charge on any atom is -0.379 e. The van der Waals surface area contributed by atoms with E-state index in [1.54, 1.807) is 6.26 Å². The third-order valence-electron chi connectivity index (χ3n) is 2.03. The lowest BCUT2D eigenvalue weighted by Gasteiger charge is -2.05. The third-order valence-corrected chi connectivity index (χ3v) is 2.81. The van der Waals surface area contributed by atoms with Gasteiger partial charge in [-0.1, -0.05) is 0 Å². The minimum atomic E-state index is -0.947. The fourth-order valence-corrected chi connectivity index (χ4v) is 1.62. The van der Waals surface area contributed by atoms with Crippen LogP contribution in [0.3, 0.4) is 0 Å². The normalized spacial score (nSPS) is 11.5. The second-order valence-corrected chi connectivity index (χ2v) is 4.86. The van der Waals surface area contributed by atoms with Gasteiger partial charge in [-0.05, 0) is 12.1 Å². The van der Waals surface area contributed by atoms with Crippen LogP contribution in [0.5, 0.6) is 0 Å². The molecule has 1 rings (SSSR count). The third kappa shape index (κ3) is 3.85. The van der Waals surface area contributed by atoms with Gasteiger partial charge in [0.25, 0.3) is 5.69 Å². The Morgan fingerprint density at radius 1 is 1.59 bits per heavy atom. The van der Waals surface area contributed by atoms with E-state index in [0.717, 1.165) is 0 Å². The van der Waals surface area contributed by atoms with Gasteiger partial charge >= 0.3 is 0 Å². The highest BCUT2D eigenvalue weighted by molar-refractivity contribution is 7.84. The van der Waals surface area contributed by atoms with Crippen LogP contribution in [0.4, 0.5) is 11.4 Å². The average molecular weight is 253 g/mol. The van der Waals surface area contributed by atoms with Crippen molar-refractivity contribution in [2.45, 2.75) is 0 Å². The number of nitro groups is 1. The average Bonchev–Trinajstić information content (AvgIpc) is 2.28. The lowest BCUT2D eigenvalue weighted by molar-refractivity contribution is -0.384. The van der Waals surface area contributed by atoms with Crippen molar-refractivity contribution in [3.8, 4) is 6.07 Å². The molecule has 0 fully saturated rings. The highest BCUT2D eigenvalue weighted by Gasteiger charge is 2.14. The minimum absolute atomic E-state index is 0.147. The Morgan fingerprint density at radius 2 is 2.29 bits per heavy atom. The molecule has 1 atom stereocenters. The lowest BCUT2D eigenvalue weighted by atomic mass is 10.2. The maximum absolute atomic E-state index is 10.8. The molecule has 6 nitrogen and oxygen atoms in total. The summed E-state index contributed by atoms with van der Waals surface area (Å²) < 4.78 is 10.8. The SMILES string of the molecule is CS(=O)CCNc1ccc(C#N)cc1[N+](=O)[O-]. The molecule has 0 saturated carbocycles. The molecule has 0 aliphatic heterocycles. The summed E-state index contributed by atoms with van der Waals surface area (Å²) in [6.45, 7) is 0.385. The van der Waals surface area contributed by atoms with E-state index in [4.69, 9.17) is 5.26 Å². The van der Waals surface area contributed by atoms with Crippen LogP contribution < -0.4 is 5.32 Å². The van der Waals surface area contributed by atoms with Crippen LogP contribution in [0, 0.1) is 21.4 Å². The summed E-state index contributed by atoms with van der Waals surface area (Å²) in [5, 5.41) is 22.3. The Bertz CT molecular complexity index is 496. The molecule has 0 aromatic heterocycles. The molecule has 0 amide bonds. The van der Waals surface area contributed by atoms with Crippen LogP contribution in [0.2, 0.25) is 0 Å². The Morgan fingerprint density at radius 3 is 2.82 bits per heavy atom. The van der Waals surface area contributed by atoms with Gasteiger partial charge in [-0.3, -0.25) is 14.3 Å². The molecule has 0 spiro atoms. The van der Waals surface area contributed by atoms with Crippen LogP contribution in [0.15, 0.2) is 18.2 Å². The number of nitrogens with zero attached hydrogens (tertiary/aromatic N) is 2. The van der Waals surface area contributed by atoms with Gasteiger partial charge < -0.3 is 5.32 Å². The fourth-order valence-electron chi connectivity index (χ4n) is 1.23. The predicted molar refractivity (Wildman–Crippen MR) is 65.2 cm³/mol. The summed E-state index contributed by atoms with van der Waals surface area (Å²) in [5.41, 5.74) is 0.423. The molecule has 0 aliphatic carbocycles. The molecule has 90 valence electrons. The van der Waals surface area contributed by atoms with Gasteiger partial charge in [-0.25, -0.2) is 0 Å². The first-order valence-corrected chi connectivity index (χ1v) is 6.49. The Hall–Kier alpha value is -1.94. The molecule has 1 aromatic rings. The molecule has 0 heterocycles. The van der Waals surface area contributed by atoms with E-state index in [-0.39, 0.29) is 11.3 Å². The maximum atomic E-state index is 10.8. The van der Waals surface area contributed by atoms with Crippen molar-refractivity contribution < 1.29 is 9.13 Å². The van der Waals surface area contributed by atoms with E-state index in [1.165, 1.54) is 18.2 Å².